The van der Waals surface area contributed by atoms with Gasteiger partial charge in [-0.3, -0.25) is 4.79 Å². The van der Waals surface area contributed by atoms with Gasteiger partial charge in [0.2, 0.25) is 0 Å². The second kappa shape index (κ2) is 7.28. The van der Waals surface area contributed by atoms with Gasteiger partial charge in [0, 0.05) is 25.1 Å². The summed E-state index contributed by atoms with van der Waals surface area (Å²) < 4.78 is 0. The van der Waals surface area contributed by atoms with Crippen LogP contribution >= 0.6 is 0 Å². The number of aliphatic hydroxyl groups excluding tert-OH is 1. The molecule has 112 valence electrons. The Bertz CT molecular complexity index is 562. The van der Waals surface area contributed by atoms with Gasteiger partial charge in [-0.1, -0.05) is 36.3 Å². The van der Waals surface area contributed by atoms with Crippen LogP contribution in [0.1, 0.15) is 53.6 Å². The van der Waals surface area contributed by atoms with E-state index in [0.29, 0.717) is 18.0 Å². The Hall–Kier alpha value is -1.79. The molecule has 0 spiro atoms. The lowest BCUT2D eigenvalue weighted by molar-refractivity contribution is 0.0735. The van der Waals surface area contributed by atoms with Crippen molar-refractivity contribution in [1.82, 2.24) is 4.90 Å². The highest BCUT2D eigenvalue weighted by Gasteiger charge is 2.25. The fourth-order valence-electron chi connectivity index (χ4n) is 2.81. The summed E-state index contributed by atoms with van der Waals surface area (Å²) in [4.78, 5) is 14.6. The highest BCUT2D eigenvalue weighted by atomic mass is 16.2. The molecule has 1 amide bonds. The fraction of sp³-hybridized carbons (Fsp3) is 0.500. The van der Waals surface area contributed by atoms with Crippen molar-refractivity contribution >= 4 is 5.91 Å². The topological polar surface area (TPSA) is 40.5 Å². The summed E-state index contributed by atoms with van der Waals surface area (Å²) in [6.45, 7) is 2.03. The van der Waals surface area contributed by atoms with E-state index in [4.69, 9.17) is 5.11 Å². The van der Waals surface area contributed by atoms with Crippen molar-refractivity contribution in [3.63, 3.8) is 0 Å². The SMILES string of the molecule is Cc1ccc(C#CCCO)c(C(=O)N(C)C2CCCC2)c1. The van der Waals surface area contributed by atoms with Crippen LogP contribution in [0.5, 0.6) is 0 Å². The lowest BCUT2D eigenvalue weighted by atomic mass is 10.0. The first-order valence-corrected chi connectivity index (χ1v) is 7.61. The molecule has 0 aromatic heterocycles. The molecule has 3 heteroatoms. The van der Waals surface area contributed by atoms with Crippen molar-refractivity contribution in [3.8, 4) is 11.8 Å². The Balaban J connectivity index is 2.26. The standard InChI is InChI=1S/C18H23NO2/c1-14-10-11-15(7-5-6-12-20)17(13-14)18(21)19(2)16-8-3-4-9-16/h10-11,13,16,20H,3-4,6,8-9,12H2,1-2H3. The minimum Gasteiger partial charge on any atom is -0.395 e. The van der Waals surface area contributed by atoms with Gasteiger partial charge in [-0.25, -0.2) is 0 Å². The zero-order valence-corrected chi connectivity index (χ0v) is 12.9. The van der Waals surface area contributed by atoms with Crippen molar-refractivity contribution in [2.75, 3.05) is 13.7 Å². The monoisotopic (exact) mass is 285 g/mol. The Kier molecular flexibility index (Phi) is 5.41. The first-order chi connectivity index (χ1) is 10.1. The highest BCUT2D eigenvalue weighted by molar-refractivity contribution is 5.97. The van der Waals surface area contributed by atoms with Gasteiger partial charge >= 0.3 is 0 Å². The molecule has 1 aromatic carbocycles. The van der Waals surface area contributed by atoms with Gasteiger partial charge in [0.25, 0.3) is 5.91 Å². The molecule has 0 bridgehead atoms. The van der Waals surface area contributed by atoms with E-state index in [1.165, 1.54) is 12.8 Å². The Labute approximate surface area is 127 Å². The maximum absolute atomic E-state index is 12.7. The Morgan fingerprint density at radius 2 is 2.10 bits per heavy atom. The number of rotatable bonds is 3. The number of aryl methyl sites for hydroxylation is 1. The van der Waals surface area contributed by atoms with Crippen molar-refractivity contribution in [2.24, 2.45) is 0 Å². The lowest BCUT2D eigenvalue weighted by Gasteiger charge is -2.25. The van der Waals surface area contributed by atoms with Gasteiger partial charge < -0.3 is 10.0 Å². The van der Waals surface area contributed by atoms with E-state index in [0.717, 1.165) is 24.0 Å². The normalized spacial score (nSPS) is 14.6. The Morgan fingerprint density at radius 1 is 1.38 bits per heavy atom. The summed E-state index contributed by atoms with van der Waals surface area (Å²) in [6.07, 6.45) is 5.04. The van der Waals surface area contributed by atoms with Crippen LogP contribution in [0.15, 0.2) is 18.2 Å². The molecular formula is C18H23NO2. The van der Waals surface area contributed by atoms with Crippen LogP contribution in [-0.4, -0.2) is 35.6 Å². The molecule has 0 radical (unpaired) electrons. The summed E-state index contributed by atoms with van der Waals surface area (Å²) in [5, 5.41) is 8.82. The predicted octanol–water partition coefficient (Wildman–Crippen LogP) is 2.74. The fourth-order valence-corrected chi connectivity index (χ4v) is 2.81. The van der Waals surface area contributed by atoms with Gasteiger partial charge in [0.15, 0.2) is 0 Å². The highest BCUT2D eigenvalue weighted by Crippen LogP contribution is 2.24. The molecule has 3 nitrogen and oxygen atoms in total. The minimum absolute atomic E-state index is 0.0458. The molecule has 1 aliphatic rings. The molecule has 1 aliphatic carbocycles. The van der Waals surface area contributed by atoms with Gasteiger partial charge in [0.1, 0.15) is 0 Å². The number of carbonyl (C=O) groups is 1. The molecule has 0 aliphatic heterocycles. The second-order valence-electron chi connectivity index (χ2n) is 5.68. The Morgan fingerprint density at radius 3 is 2.76 bits per heavy atom. The van der Waals surface area contributed by atoms with Crippen LogP contribution in [0, 0.1) is 18.8 Å². The third-order valence-electron chi connectivity index (χ3n) is 4.06. The van der Waals surface area contributed by atoms with Crippen LogP contribution in [0.3, 0.4) is 0 Å². The average molecular weight is 285 g/mol. The molecule has 21 heavy (non-hydrogen) atoms. The van der Waals surface area contributed by atoms with Crippen LogP contribution in [-0.2, 0) is 0 Å². The van der Waals surface area contributed by atoms with Crippen molar-refractivity contribution < 1.29 is 9.90 Å². The van der Waals surface area contributed by atoms with E-state index in [-0.39, 0.29) is 12.5 Å². The number of nitrogens with zero attached hydrogens (tertiary/aromatic N) is 1. The first kappa shape index (κ1) is 15.6. The predicted molar refractivity (Wildman–Crippen MR) is 84.1 cm³/mol. The summed E-state index contributed by atoms with van der Waals surface area (Å²) in [7, 11) is 1.89. The van der Waals surface area contributed by atoms with Crippen molar-refractivity contribution in [2.45, 2.75) is 45.1 Å². The summed E-state index contributed by atoms with van der Waals surface area (Å²) in [5.41, 5.74) is 2.49. The average Bonchev–Trinajstić information content (AvgIpc) is 3.01. The van der Waals surface area contributed by atoms with Crippen LogP contribution < -0.4 is 0 Å². The van der Waals surface area contributed by atoms with Gasteiger partial charge in [0.05, 0.1) is 12.2 Å². The molecule has 1 aromatic rings. The zero-order chi connectivity index (χ0) is 15.2. The summed E-state index contributed by atoms with van der Waals surface area (Å²) >= 11 is 0. The molecule has 2 rings (SSSR count). The van der Waals surface area contributed by atoms with E-state index in [1.54, 1.807) is 0 Å². The van der Waals surface area contributed by atoms with Gasteiger partial charge in [-0.15, -0.1) is 0 Å². The third kappa shape index (κ3) is 3.86. The lowest BCUT2D eigenvalue weighted by Crippen LogP contribution is -2.35. The van der Waals surface area contributed by atoms with E-state index in [9.17, 15) is 4.79 Å². The quantitative estimate of drug-likeness (QED) is 0.868. The zero-order valence-electron chi connectivity index (χ0n) is 12.9. The van der Waals surface area contributed by atoms with Crippen LogP contribution in [0.2, 0.25) is 0 Å². The van der Waals surface area contributed by atoms with Crippen LogP contribution in [0.25, 0.3) is 0 Å². The molecule has 0 atom stereocenters. The number of carbonyl (C=O) groups excluding carboxylic acids is 1. The summed E-state index contributed by atoms with van der Waals surface area (Å²) in [5.74, 6) is 5.97. The smallest absolute Gasteiger partial charge is 0.255 e. The molecule has 0 heterocycles. The van der Waals surface area contributed by atoms with Crippen molar-refractivity contribution in [1.29, 1.82) is 0 Å². The largest absolute Gasteiger partial charge is 0.395 e. The molecule has 1 saturated carbocycles. The van der Waals surface area contributed by atoms with E-state index in [2.05, 4.69) is 11.8 Å². The first-order valence-electron chi connectivity index (χ1n) is 7.61. The molecule has 0 unspecified atom stereocenters. The number of hydrogen-bond donors (Lipinski definition) is 1. The third-order valence-corrected chi connectivity index (χ3v) is 4.06. The number of hydrogen-bond acceptors (Lipinski definition) is 2. The van der Waals surface area contributed by atoms with Crippen LogP contribution in [0.4, 0.5) is 0 Å². The molecular weight excluding hydrogens is 262 g/mol. The van der Waals surface area contributed by atoms with Gasteiger partial charge in [-0.2, -0.15) is 0 Å². The molecule has 0 saturated heterocycles. The number of benzene rings is 1. The molecule has 1 fully saturated rings. The summed E-state index contributed by atoms with van der Waals surface area (Å²) in [6, 6.07) is 6.14. The minimum atomic E-state index is 0.0458. The van der Waals surface area contributed by atoms with Gasteiger partial charge in [-0.05, 0) is 31.9 Å². The maximum Gasteiger partial charge on any atom is 0.255 e. The number of aliphatic hydroxyl groups is 1. The molecule has 1 N–H and O–H groups in total. The van der Waals surface area contributed by atoms with E-state index < -0.39 is 0 Å². The van der Waals surface area contributed by atoms with Crippen molar-refractivity contribution in [3.05, 3.63) is 34.9 Å². The number of amides is 1. The van der Waals surface area contributed by atoms with E-state index in [1.807, 2.05) is 37.1 Å². The maximum atomic E-state index is 12.7. The second-order valence-corrected chi connectivity index (χ2v) is 5.68. The van der Waals surface area contributed by atoms with E-state index >= 15 is 0 Å².